The van der Waals surface area contributed by atoms with E-state index in [9.17, 15) is 0 Å². The number of benzene rings is 1. The van der Waals surface area contributed by atoms with E-state index in [1.807, 2.05) is 12.3 Å². The van der Waals surface area contributed by atoms with Gasteiger partial charge in [0.15, 0.2) is 0 Å². The summed E-state index contributed by atoms with van der Waals surface area (Å²) in [5.41, 5.74) is 2.07. The maximum Gasteiger partial charge on any atom is 0.228 e. The molecule has 2 aromatic heterocycles. The molecule has 1 N–H and O–H groups in total. The molecule has 3 heterocycles. The number of aromatic nitrogens is 3. The minimum absolute atomic E-state index is 0.664. The number of nitrogens with one attached hydrogen (secondary N) is 1. The molecule has 0 atom stereocenters. The van der Waals surface area contributed by atoms with Gasteiger partial charge in [-0.2, -0.15) is 4.98 Å². The zero-order valence-corrected chi connectivity index (χ0v) is 14.0. The van der Waals surface area contributed by atoms with Crippen LogP contribution in [0.4, 0.5) is 0 Å². The Morgan fingerprint density at radius 3 is 3.08 bits per heavy atom. The summed E-state index contributed by atoms with van der Waals surface area (Å²) in [6.07, 6.45) is 3.97. The number of aromatic amines is 1. The number of likely N-dealkylation sites (N-methyl/N-ethyl adjacent to an activating group) is 1. The average Bonchev–Trinajstić information content (AvgIpc) is 3.20. The van der Waals surface area contributed by atoms with Crippen LogP contribution in [0.5, 0.6) is 0 Å². The maximum atomic E-state index is 5.45. The Kier molecular flexibility index (Phi) is 4.32. The van der Waals surface area contributed by atoms with Gasteiger partial charge in [-0.25, -0.2) is 0 Å². The van der Waals surface area contributed by atoms with Gasteiger partial charge in [-0.1, -0.05) is 17.3 Å². The summed E-state index contributed by atoms with van der Waals surface area (Å²) in [6, 6.07) is 8.23. The normalized spacial score (nSPS) is 17.4. The Labute approximate surface area is 141 Å². The van der Waals surface area contributed by atoms with Crippen molar-refractivity contribution < 1.29 is 4.52 Å². The lowest BCUT2D eigenvalue weighted by Gasteiger charge is -2.18. The molecule has 24 heavy (non-hydrogen) atoms. The Morgan fingerprint density at radius 1 is 1.17 bits per heavy atom. The second-order valence-corrected chi connectivity index (χ2v) is 6.54. The van der Waals surface area contributed by atoms with Crippen LogP contribution in [0, 0.1) is 0 Å². The highest BCUT2D eigenvalue weighted by molar-refractivity contribution is 5.83. The van der Waals surface area contributed by atoms with E-state index in [2.05, 4.69) is 50.2 Å². The van der Waals surface area contributed by atoms with Crippen LogP contribution in [-0.2, 0) is 6.42 Å². The van der Waals surface area contributed by atoms with Gasteiger partial charge in [0.25, 0.3) is 0 Å². The van der Waals surface area contributed by atoms with Crippen molar-refractivity contribution in [3.05, 3.63) is 36.4 Å². The third-order valence-corrected chi connectivity index (χ3v) is 4.74. The molecule has 126 valence electrons. The molecule has 0 saturated carbocycles. The van der Waals surface area contributed by atoms with Crippen molar-refractivity contribution in [1.82, 2.24) is 24.9 Å². The lowest BCUT2D eigenvalue weighted by Crippen LogP contribution is -2.30. The molecular formula is C18H23N5O. The van der Waals surface area contributed by atoms with Crippen LogP contribution in [0.1, 0.15) is 12.3 Å². The van der Waals surface area contributed by atoms with Gasteiger partial charge in [0, 0.05) is 43.3 Å². The molecule has 1 aliphatic heterocycles. The van der Waals surface area contributed by atoms with Crippen LogP contribution in [0.3, 0.4) is 0 Å². The van der Waals surface area contributed by atoms with Gasteiger partial charge in [-0.05, 0) is 44.1 Å². The third-order valence-electron chi connectivity index (χ3n) is 4.74. The Bertz CT molecular complexity index is 808. The summed E-state index contributed by atoms with van der Waals surface area (Å²) >= 11 is 0. The number of H-pyrrole nitrogens is 1. The molecule has 6 heteroatoms. The van der Waals surface area contributed by atoms with E-state index >= 15 is 0 Å². The summed E-state index contributed by atoms with van der Waals surface area (Å²) in [7, 11) is 2.19. The lowest BCUT2D eigenvalue weighted by molar-refractivity contribution is 0.266. The quantitative estimate of drug-likeness (QED) is 0.798. The van der Waals surface area contributed by atoms with Crippen molar-refractivity contribution in [2.75, 3.05) is 39.8 Å². The molecule has 1 saturated heterocycles. The van der Waals surface area contributed by atoms with Gasteiger partial charge in [-0.3, -0.25) is 0 Å². The Balaban J connectivity index is 1.41. The molecule has 3 aromatic rings. The van der Waals surface area contributed by atoms with Gasteiger partial charge in [0.2, 0.25) is 11.7 Å². The lowest BCUT2D eigenvalue weighted by atomic mass is 10.1. The van der Waals surface area contributed by atoms with E-state index in [0.29, 0.717) is 11.7 Å². The van der Waals surface area contributed by atoms with Gasteiger partial charge in [0.05, 0.1) is 0 Å². The predicted molar refractivity (Wildman–Crippen MR) is 93.8 cm³/mol. The second-order valence-electron chi connectivity index (χ2n) is 6.54. The molecule has 6 nitrogen and oxygen atoms in total. The summed E-state index contributed by atoms with van der Waals surface area (Å²) in [5, 5.41) is 5.33. The van der Waals surface area contributed by atoms with E-state index in [0.717, 1.165) is 43.7 Å². The predicted octanol–water partition coefficient (Wildman–Crippen LogP) is 2.40. The van der Waals surface area contributed by atoms with Crippen molar-refractivity contribution in [2.45, 2.75) is 12.8 Å². The number of nitrogens with zero attached hydrogens (tertiary/aromatic N) is 4. The summed E-state index contributed by atoms with van der Waals surface area (Å²) in [6.45, 7) is 5.55. The monoisotopic (exact) mass is 325 g/mol. The summed E-state index contributed by atoms with van der Waals surface area (Å²) < 4.78 is 5.45. The van der Waals surface area contributed by atoms with Crippen molar-refractivity contribution in [2.24, 2.45) is 0 Å². The van der Waals surface area contributed by atoms with Gasteiger partial charge in [-0.15, -0.1) is 0 Å². The fourth-order valence-corrected chi connectivity index (χ4v) is 3.24. The first-order valence-electron chi connectivity index (χ1n) is 8.59. The van der Waals surface area contributed by atoms with E-state index in [-0.39, 0.29) is 0 Å². The highest BCUT2D eigenvalue weighted by Gasteiger charge is 2.14. The molecule has 0 spiro atoms. The first-order chi connectivity index (χ1) is 11.8. The largest absolute Gasteiger partial charge is 0.361 e. The van der Waals surface area contributed by atoms with Gasteiger partial charge in [0.1, 0.15) is 0 Å². The number of hydrogen-bond donors (Lipinski definition) is 1. The SMILES string of the molecule is CN1CCCN(CCc2nc(-c3ccc4cc[nH]c4c3)no2)CC1. The van der Waals surface area contributed by atoms with Crippen molar-refractivity contribution >= 4 is 10.9 Å². The molecule has 1 aliphatic rings. The minimum Gasteiger partial charge on any atom is -0.361 e. The molecule has 0 radical (unpaired) electrons. The molecule has 1 fully saturated rings. The Hall–Kier alpha value is -2.18. The second kappa shape index (κ2) is 6.75. The maximum absolute atomic E-state index is 5.45. The van der Waals surface area contributed by atoms with Crippen molar-refractivity contribution in [3.8, 4) is 11.4 Å². The number of hydrogen-bond acceptors (Lipinski definition) is 5. The average molecular weight is 325 g/mol. The van der Waals surface area contributed by atoms with Crippen molar-refractivity contribution in [1.29, 1.82) is 0 Å². The van der Waals surface area contributed by atoms with E-state index < -0.39 is 0 Å². The molecule has 1 aromatic carbocycles. The van der Waals surface area contributed by atoms with E-state index in [1.165, 1.54) is 18.4 Å². The fraction of sp³-hybridized carbons (Fsp3) is 0.444. The van der Waals surface area contributed by atoms with Crippen LogP contribution in [0.15, 0.2) is 35.0 Å². The standard InChI is InChI=1S/C18H23N5O/c1-22-8-2-9-23(12-11-22)10-6-17-20-18(21-24-17)15-4-3-14-5-7-19-16(14)13-15/h3-5,7,13,19H,2,6,8-12H2,1H3. The molecule has 0 amide bonds. The topological polar surface area (TPSA) is 61.2 Å². The van der Waals surface area contributed by atoms with Crippen LogP contribution >= 0.6 is 0 Å². The van der Waals surface area contributed by atoms with Gasteiger partial charge >= 0.3 is 0 Å². The van der Waals surface area contributed by atoms with Gasteiger partial charge < -0.3 is 19.3 Å². The molecule has 0 bridgehead atoms. The number of rotatable bonds is 4. The van der Waals surface area contributed by atoms with Crippen LogP contribution in [0.25, 0.3) is 22.3 Å². The molecule has 4 rings (SSSR count). The zero-order valence-electron chi connectivity index (χ0n) is 14.0. The Morgan fingerprint density at radius 2 is 2.12 bits per heavy atom. The minimum atomic E-state index is 0.664. The third kappa shape index (κ3) is 3.34. The fourth-order valence-electron chi connectivity index (χ4n) is 3.24. The van der Waals surface area contributed by atoms with Crippen LogP contribution < -0.4 is 0 Å². The highest BCUT2D eigenvalue weighted by atomic mass is 16.5. The smallest absolute Gasteiger partial charge is 0.228 e. The zero-order chi connectivity index (χ0) is 16.4. The molecule has 0 aliphatic carbocycles. The summed E-state index contributed by atoms with van der Waals surface area (Å²) in [4.78, 5) is 12.7. The van der Waals surface area contributed by atoms with Crippen LogP contribution in [0.2, 0.25) is 0 Å². The van der Waals surface area contributed by atoms with E-state index in [1.54, 1.807) is 0 Å². The molecular weight excluding hydrogens is 302 g/mol. The highest BCUT2D eigenvalue weighted by Crippen LogP contribution is 2.21. The summed E-state index contributed by atoms with van der Waals surface area (Å²) in [5.74, 6) is 1.38. The van der Waals surface area contributed by atoms with E-state index in [4.69, 9.17) is 4.52 Å². The first kappa shape index (κ1) is 15.4. The number of fused-ring (bicyclic) bond motifs is 1. The van der Waals surface area contributed by atoms with Crippen LogP contribution in [-0.4, -0.2) is 64.7 Å². The molecule has 0 unspecified atom stereocenters. The first-order valence-corrected chi connectivity index (χ1v) is 8.59. The van der Waals surface area contributed by atoms with Crippen molar-refractivity contribution in [3.63, 3.8) is 0 Å².